The fraction of sp³-hybridized carbons (Fsp3) is 0.348. The quantitative estimate of drug-likeness (QED) is 0.585. The van der Waals surface area contributed by atoms with Crippen molar-refractivity contribution in [3.05, 3.63) is 65.7 Å². The molecule has 0 saturated heterocycles. The molecule has 0 aliphatic carbocycles. The van der Waals surface area contributed by atoms with Gasteiger partial charge in [0.05, 0.1) is 18.7 Å². The van der Waals surface area contributed by atoms with Gasteiger partial charge >= 0.3 is 5.97 Å². The molecule has 0 aliphatic heterocycles. The van der Waals surface area contributed by atoms with Crippen LogP contribution in [0.1, 0.15) is 42.2 Å². The van der Waals surface area contributed by atoms with Crippen molar-refractivity contribution in [3.63, 3.8) is 0 Å². The monoisotopic (exact) mass is 412 g/mol. The van der Waals surface area contributed by atoms with Crippen LogP contribution in [0.3, 0.4) is 0 Å². The van der Waals surface area contributed by atoms with Crippen molar-refractivity contribution in [2.24, 2.45) is 5.92 Å². The van der Waals surface area contributed by atoms with E-state index in [0.717, 1.165) is 12.0 Å². The van der Waals surface area contributed by atoms with Crippen LogP contribution in [0.5, 0.6) is 5.75 Å². The number of nitrogens with one attached hydrogen (secondary N) is 2. The third-order valence-electron chi connectivity index (χ3n) is 4.35. The van der Waals surface area contributed by atoms with Gasteiger partial charge in [0.2, 0.25) is 0 Å². The highest BCUT2D eigenvalue weighted by Crippen LogP contribution is 2.21. The standard InChI is InChI=1S/C23H28N2O5/c1-16(2)13-19(17-9-5-4-6-10-17)25-21(26)15-30-22(27)14-24-23(28)18-11-7-8-12-20(18)29-3/h4-12,16,19H,13-15H2,1-3H3,(H,24,28)(H,25,26)/t19-/m1/s1. The molecule has 0 radical (unpaired) electrons. The van der Waals surface area contributed by atoms with Gasteiger partial charge in [0.15, 0.2) is 6.61 Å². The number of amides is 2. The first-order valence-electron chi connectivity index (χ1n) is 9.81. The topological polar surface area (TPSA) is 93.7 Å². The van der Waals surface area contributed by atoms with Crippen LogP contribution >= 0.6 is 0 Å². The van der Waals surface area contributed by atoms with Crippen LogP contribution in [0.4, 0.5) is 0 Å². The second-order valence-electron chi connectivity index (χ2n) is 7.20. The van der Waals surface area contributed by atoms with E-state index in [1.165, 1.54) is 7.11 Å². The molecule has 0 fully saturated rings. The van der Waals surface area contributed by atoms with E-state index in [0.29, 0.717) is 17.2 Å². The first kappa shape index (κ1) is 22.9. The summed E-state index contributed by atoms with van der Waals surface area (Å²) < 4.78 is 10.1. The summed E-state index contributed by atoms with van der Waals surface area (Å²) in [5.74, 6) is -0.777. The zero-order chi connectivity index (χ0) is 21.9. The van der Waals surface area contributed by atoms with Gasteiger partial charge in [-0.3, -0.25) is 14.4 Å². The molecule has 0 aromatic heterocycles. The molecule has 0 saturated carbocycles. The molecule has 2 N–H and O–H groups in total. The van der Waals surface area contributed by atoms with Crippen LogP contribution in [0, 0.1) is 5.92 Å². The minimum atomic E-state index is -0.700. The average Bonchev–Trinajstić information content (AvgIpc) is 2.75. The Morgan fingerprint density at radius 2 is 1.63 bits per heavy atom. The van der Waals surface area contributed by atoms with Gasteiger partial charge in [-0.15, -0.1) is 0 Å². The summed E-state index contributed by atoms with van der Waals surface area (Å²) in [6.45, 7) is 3.39. The van der Waals surface area contributed by atoms with Gasteiger partial charge in [0.25, 0.3) is 11.8 Å². The second kappa shape index (κ2) is 11.6. The van der Waals surface area contributed by atoms with E-state index < -0.39 is 24.4 Å². The highest BCUT2D eigenvalue weighted by Gasteiger charge is 2.18. The summed E-state index contributed by atoms with van der Waals surface area (Å²) in [7, 11) is 1.46. The Morgan fingerprint density at radius 3 is 2.30 bits per heavy atom. The average molecular weight is 412 g/mol. The van der Waals surface area contributed by atoms with E-state index in [1.807, 2.05) is 30.3 Å². The maximum absolute atomic E-state index is 12.3. The molecule has 30 heavy (non-hydrogen) atoms. The van der Waals surface area contributed by atoms with E-state index >= 15 is 0 Å². The Hall–Kier alpha value is -3.35. The van der Waals surface area contributed by atoms with Crippen LogP contribution in [0.2, 0.25) is 0 Å². The number of hydrogen-bond donors (Lipinski definition) is 2. The van der Waals surface area contributed by atoms with E-state index in [2.05, 4.69) is 24.5 Å². The lowest BCUT2D eigenvalue weighted by Gasteiger charge is -2.21. The molecule has 160 valence electrons. The molecular weight excluding hydrogens is 384 g/mol. The number of esters is 1. The van der Waals surface area contributed by atoms with Crippen molar-refractivity contribution in [1.29, 1.82) is 0 Å². The number of rotatable bonds is 10. The third-order valence-corrected chi connectivity index (χ3v) is 4.35. The molecule has 0 aliphatic rings. The number of para-hydroxylation sites is 1. The summed E-state index contributed by atoms with van der Waals surface area (Å²) >= 11 is 0. The second-order valence-corrected chi connectivity index (χ2v) is 7.20. The van der Waals surface area contributed by atoms with Gasteiger partial charge < -0.3 is 20.1 Å². The van der Waals surface area contributed by atoms with Gasteiger partial charge in [-0.25, -0.2) is 0 Å². The largest absolute Gasteiger partial charge is 0.496 e. The SMILES string of the molecule is COc1ccccc1C(=O)NCC(=O)OCC(=O)N[C@H](CC(C)C)c1ccccc1. The molecular formula is C23H28N2O5. The summed E-state index contributed by atoms with van der Waals surface area (Å²) in [4.78, 5) is 36.4. The number of hydrogen-bond acceptors (Lipinski definition) is 5. The lowest BCUT2D eigenvalue weighted by molar-refractivity contribution is -0.147. The molecule has 2 aromatic carbocycles. The fourth-order valence-electron chi connectivity index (χ4n) is 2.95. The lowest BCUT2D eigenvalue weighted by atomic mass is 9.97. The van der Waals surface area contributed by atoms with E-state index in [4.69, 9.17) is 9.47 Å². The van der Waals surface area contributed by atoms with Crippen molar-refractivity contribution in [3.8, 4) is 5.75 Å². The van der Waals surface area contributed by atoms with Crippen LogP contribution in [0.15, 0.2) is 54.6 Å². The van der Waals surface area contributed by atoms with Crippen LogP contribution in [0.25, 0.3) is 0 Å². The van der Waals surface area contributed by atoms with Crippen LogP contribution in [-0.2, 0) is 14.3 Å². The zero-order valence-corrected chi connectivity index (χ0v) is 17.5. The molecule has 2 amide bonds. The first-order valence-corrected chi connectivity index (χ1v) is 9.81. The number of carbonyl (C=O) groups excluding carboxylic acids is 3. The summed E-state index contributed by atoms with van der Waals surface area (Å²) in [5.41, 5.74) is 1.31. The third kappa shape index (κ3) is 7.24. The molecule has 0 heterocycles. The highest BCUT2D eigenvalue weighted by atomic mass is 16.5. The molecule has 0 spiro atoms. The van der Waals surface area contributed by atoms with Crippen LogP contribution in [-0.4, -0.2) is 38.0 Å². The first-order chi connectivity index (χ1) is 14.4. The summed E-state index contributed by atoms with van der Waals surface area (Å²) in [6.07, 6.45) is 0.763. The minimum Gasteiger partial charge on any atom is -0.496 e. The maximum Gasteiger partial charge on any atom is 0.325 e. The van der Waals surface area contributed by atoms with Crippen molar-refractivity contribution < 1.29 is 23.9 Å². The van der Waals surface area contributed by atoms with Gasteiger partial charge in [-0.2, -0.15) is 0 Å². The van der Waals surface area contributed by atoms with Gasteiger partial charge in [0, 0.05) is 0 Å². The zero-order valence-electron chi connectivity index (χ0n) is 17.5. The molecule has 0 unspecified atom stereocenters. The normalized spacial score (nSPS) is 11.5. The Labute approximate surface area is 176 Å². The van der Waals surface area contributed by atoms with Crippen molar-refractivity contribution in [2.45, 2.75) is 26.3 Å². The number of ether oxygens (including phenoxy) is 2. The molecule has 2 aromatic rings. The number of carbonyl (C=O) groups is 3. The molecule has 2 rings (SSSR count). The predicted molar refractivity (Wildman–Crippen MR) is 113 cm³/mol. The van der Waals surface area contributed by atoms with Gasteiger partial charge in [-0.1, -0.05) is 56.3 Å². The van der Waals surface area contributed by atoms with Gasteiger partial charge in [-0.05, 0) is 30.0 Å². The van der Waals surface area contributed by atoms with E-state index in [9.17, 15) is 14.4 Å². The fourth-order valence-corrected chi connectivity index (χ4v) is 2.95. The van der Waals surface area contributed by atoms with E-state index in [1.54, 1.807) is 24.3 Å². The summed E-state index contributed by atoms with van der Waals surface area (Å²) in [6, 6.07) is 16.2. The number of methoxy groups -OCH3 is 1. The van der Waals surface area contributed by atoms with Crippen LogP contribution < -0.4 is 15.4 Å². The molecule has 1 atom stereocenters. The minimum absolute atomic E-state index is 0.164. The number of benzene rings is 2. The maximum atomic E-state index is 12.3. The van der Waals surface area contributed by atoms with Gasteiger partial charge in [0.1, 0.15) is 12.3 Å². The summed E-state index contributed by atoms with van der Waals surface area (Å²) in [5, 5.41) is 5.37. The van der Waals surface area contributed by atoms with Crippen molar-refractivity contribution in [1.82, 2.24) is 10.6 Å². The van der Waals surface area contributed by atoms with E-state index in [-0.39, 0.29) is 12.6 Å². The predicted octanol–water partition coefficient (Wildman–Crippen LogP) is 2.87. The molecule has 7 nitrogen and oxygen atoms in total. The Balaban J connectivity index is 1.82. The Kier molecular flexibility index (Phi) is 8.87. The molecule has 0 bridgehead atoms. The smallest absolute Gasteiger partial charge is 0.325 e. The highest BCUT2D eigenvalue weighted by molar-refractivity contribution is 5.98. The van der Waals surface area contributed by atoms with Crippen molar-refractivity contribution >= 4 is 17.8 Å². The Morgan fingerprint density at radius 1 is 0.967 bits per heavy atom. The Bertz CT molecular complexity index is 852. The lowest BCUT2D eigenvalue weighted by Crippen LogP contribution is -2.35. The molecule has 7 heteroatoms. The van der Waals surface area contributed by atoms with Crippen molar-refractivity contribution in [2.75, 3.05) is 20.3 Å².